The SMILES string of the molecule is COCCC(=O)N1CCNC(C(C)C)C1. The Bertz CT molecular complexity index is 207. The van der Waals surface area contributed by atoms with Crippen LogP contribution in [0.25, 0.3) is 0 Å². The summed E-state index contributed by atoms with van der Waals surface area (Å²) in [7, 11) is 1.63. The van der Waals surface area contributed by atoms with Gasteiger partial charge in [0.15, 0.2) is 0 Å². The van der Waals surface area contributed by atoms with Crippen molar-refractivity contribution < 1.29 is 9.53 Å². The number of methoxy groups -OCH3 is 1. The van der Waals surface area contributed by atoms with Gasteiger partial charge in [0.2, 0.25) is 5.91 Å². The summed E-state index contributed by atoms with van der Waals surface area (Å²) < 4.78 is 4.91. The van der Waals surface area contributed by atoms with Gasteiger partial charge in [-0.2, -0.15) is 0 Å². The highest BCUT2D eigenvalue weighted by atomic mass is 16.5. The van der Waals surface area contributed by atoms with Crippen LogP contribution in [0.1, 0.15) is 20.3 Å². The number of nitrogens with one attached hydrogen (secondary N) is 1. The maximum atomic E-state index is 11.7. The molecule has 1 amide bonds. The molecule has 0 aromatic heterocycles. The first kappa shape index (κ1) is 12.5. The first-order chi connectivity index (χ1) is 7.15. The van der Waals surface area contributed by atoms with Crippen molar-refractivity contribution >= 4 is 5.91 Å². The van der Waals surface area contributed by atoms with E-state index >= 15 is 0 Å². The van der Waals surface area contributed by atoms with Crippen LogP contribution in [0.4, 0.5) is 0 Å². The highest BCUT2D eigenvalue weighted by Crippen LogP contribution is 2.09. The van der Waals surface area contributed by atoms with Crippen molar-refractivity contribution in [3.8, 4) is 0 Å². The first-order valence-corrected chi connectivity index (χ1v) is 5.65. The Morgan fingerprint density at radius 2 is 2.33 bits per heavy atom. The van der Waals surface area contributed by atoms with E-state index in [4.69, 9.17) is 4.74 Å². The number of ether oxygens (including phenoxy) is 1. The molecule has 4 heteroatoms. The molecule has 4 nitrogen and oxygen atoms in total. The number of rotatable bonds is 4. The third-order valence-corrected chi connectivity index (χ3v) is 2.88. The van der Waals surface area contributed by atoms with E-state index in [1.807, 2.05) is 4.90 Å². The van der Waals surface area contributed by atoms with Crippen LogP contribution in [0.3, 0.4) is 0 Å². The van der Waals surface area contributed by atoms with Gasteiger partial charge in [-0.3, -0.25) is 4.79 Å². The van der Waals surface area contributed by atoms with Gasteiger partial charge in [0.05, 0.1) is 13.0 Å². The number of hydrogen-bond donors (Lipinski definition) is 1. The van der Waals surface area contributed by atoms with Gasteiger partial charge in [-0.1, -0.05) is 13.8 Å². The molecule has 0 aromatic carbocycles. The van der Waals surface area contributed by atoms with E-state index in [-0.39, 0.29) is 5.91 Å². The molecule has 0 spiro atoms. The molecule has 0 saturated carbocycles. The molecule has 1 fully saturated rings. The first-order valence-electron chi connectivity index (χ1n) is 5.65. The monoisotopic (exact) mass is 214 g/mol. The van der Waals surface area contributed by atoms with Gasteiger partial charge in [0.25, 0.3) is 0 Å². The van der Waals surface area contributed by atoms with Gasteiger partial charge in [-0.25, -0.2) is 0 Å². The number of carbonyl (C=O) groups excluding carboxylic acids is 1. The van der Waals surface area contributed by atoms with Crippen LogP contribution < -0.4 is 5.32 Å². The second-order valence-corrected chi connectivity index (χ2v) is 4.39. The predicted octanol–water partition coefficient (Wildman–Crippen LogP) is 0.479. The molecule has 1 saturated heterocycles. The maximum Gasteiger partial charge on any atom is 0.224 e. The Kier molecular flexibility index (Phi) is 5.05. The van der Waals surface area contributed by atoms with Gasteiger partial charge >= 0.3 is 0 Å². The third kappa shape index (κ3) is 3.80. The molecule has 1 atom stereocenters. The zero-order valence-electron chi connectivity index (χ0n) is 9.95. The largest absolute Gasteiger partial charge is 0.384 e. The summed E-state index contributed by atoms with van der Waals surface area (Å²) in [5.74, 6) is 0.784. The van der Waals surface area contributed by atoms with Crippen molar-refractivity contribution in [2.75, 3.05) is 33.4 Å². The quantitative estimate of drug-likeness (QED) is 0.740. The number of hydrogen-bond acceptors (Lipinski definition) is 3. The molecule has 1 heterocycles. The lowest BCUT2D eigenvalue weighted by Crippen LogP contribution is -2.54. The summed E-state index contributed by atoms with van der Waals surface area (Å²) in [6.45, 7) is 7.45. The maximum absolute atomic E-state index is 11.7. The Balaban J connectivity index is 2.38. The van der Waals surface area contributed by atoms with Crippen LogP contribution in [0.15, 0.2) is 0 Å². The van der Waals surface area contributed by atoms with E-state index in [2.05, 4.69) is 19.2 Å². The zero-order chi connectivity index (χ0) is 11.3. The summed E-state index contributed by atoms with van der Waals surface area (Å²) in [6.07, 6.45) is 0.501. The highest BCUT2D eigenvalue weighted by Gasteiger charge is 2.24. The van der Waals surface area contributed by atoms with Crippen molar-refractivity contribution in [3.05, 3.63) is 0 Å². The Morgan fingerprint density at radius 1 is 1.60 bits per heavy atom. The Labute approximate surface area is 92.0 Å². The number of nitrogens with zero attached hydrogens (tertiary/aromatic N) is 1. The minimum Gasteiger partial charge on any atom is -0.384 e. The molecule has 1 N–H and O–H groups in total. The minimum absolute atomic E-state index is 0.212. The van der Waals surface area contributed by atoms with E-state index in [1.54, 1.807) is 7.11 Å². The molecule has 0 bridgehead atoms. The van der Waals surface area contributed by atoms with Gasteiger partial charge in [-0.15, -0.1) is 0 Å². The smallest absolute Gasteiger partial charge is 0.224 e. The molecule has 0 radical (unpaired) electrons. The molecule has 0 aliphatic carbocycles. The molecule has 1 aliphatic rings. The average Bonchev–Trinajstić information content (AvgIpc) is 2.26. The molecular formula is C11H22N2O2. The highest BCUT2D eigenvalue weighted by molar-refractivity contribution is 5.76. The van der Waals surface area contributed by atoms with E-state index in [9.17, 15) is 4.79 Å². The summed E-state index contributed by atoms with van der Waals surface area (Å²) in [4.78, 5) is 13.7. The lowest BCUT2D eigenvalue weighted by molar-refractivity contribution is -0.133. The van der Waals surface area contributed by atoms with Gasteiger partial charge in [0, 0.05) is 32.8 Å². The fourth-order valence-electron chi connectivity index (χ4n) is 1.80. The fraction of sp³-hybridized carbons (Fsp3) is 0.909. The summed E-state index contributed by atoms with van der Waals surface area (Å²) in [5, 5.41) is 3.43. The molecule has 0 aromatic rings. The number of carbonyl (C=O) groups is 1. The van der Waals surface area contributed by atoms with Gasteiger partial charge in [0.1, 0.15) is 0 Å². The average molecular weight is 214 g/mol. The molecule has 88 valence electrons. The lowest BCUT2D eigenvalue weighted by atomic mass is 10.0. The standard InChI is InChI=1S/C11H22N2O2/c1-9(2)10-8-13(6-5-12-10)11(14)4-7-15-3/h9-10,12H,4-8H2,1-3H3. The predicted molar refractivity (Wildman–Crippen MR) is 59.7 cm³/mol. The third-order valence-electron chi connectivity index (χ3n) is 2.88. The van der Waals surface area contributed by atoms with Crippen molar-refractivity contribution in [1.82, 2.24) is 10.2 Å². The van der Waals surface area contributed by atoms with Gasteiger partial charge < -0.3 is 15.0 Å². The van der Waals surface area contributed by atoms with E-state index in [1.165, 1.54) is 0 Å². The van der Waals surface area contributed by atoms with Crippen molar-refractivity contribution in [1.29, 1.82) is 0 Å². The minimum atomic E-state index is 0.212. The van der Waals surface area contributed by atoms with Crippen LogP contribution >= 0.6 is 0 Å². The second kappa shape index (κ2) is 6.08. The van der Waals surface area contributed by atoms with E-state index < -0.39 is 0 Å². The number of amides is 1. The van der Waals surface area contributed by atoms with Crippen molar-refractivity contribution in [2.45, 2.75) is 26.3 Å². The molecule has 1 unspecified atom stereocenters. The lowest BCUT2D eigenvalue weighted by Gasteiger charge is -2.35. The van der Waals surface area contributed by atoms with Crippen LogP contribution in [0.5, 0.6) is 0 Å². The second-order valence-electron chi connectivity index (χ2n) is 4.39. The number of piperazine rings is 1. The normalized spacial score (nSPS) is 22.1. The van der Waals surface area contributed by atoms with Crippen LogP contribution in [-0.2, 0) is 9.53 Å². The molecule has 1 aliphatic heterocycles. The topological polar surface area (TPSA) is 41.6 Å². The van der Waals surface area contributed by atoms with Crippen molar-refractivity contribution in [2.24, 2.45) is 5.92 Å². The Morgan fingerprint density at radius 3 is 2.93 bits per heavy atom. The summed E-state index contributed by atoms with van der Waals surface area (Å²) in [6, 6.07) is 0.435. The Hall–Kier alpha value is -0.610. The fourth-order valence-corrected chi connectivity index (χ4v) is 1.80. The van der Waals surface area contributed by atoms with Crippen LogP contribution in [0, 0.1) is 5.92 Å². The summed E-state index contributed by atoms with van der Waals surface area (Å²) >= 11 is 0. The summed E-state index contributed by atoms with van der Waals surface area (Å²) in [5.41, 5.74) is 0. The van der Waals surface area contributed by atoms with Crippen LogP contribution in [-0.4, -0.2) is 50.2 Å². The molecule has 15 heavy (non-hydrogen) atoms. The molecule has 1 rings (SSSR count). The van der Waals surface area contributed by atoms with E-state index in [0.29, 0.717) is 25.0 Å². The van der Waals surface area contributed by atoms with Crippen LogP contribution in [0.2, 0.25) is 0 Å². The van der Waals surface area contributed by atoms with Gasteiger partial charge in [-0.05, 0) is 5.92 Å². The molecular weight excluding hydrogens is 192 g/mol. The van der Waals surface area contributed by atoms with E-state index in [0.717, 1.165) is 19.6 Å². The zero-order valence-corrected chi connectivity index (χ0v) is 9.95. The van der Waals surface area contributed by atoms with Crippen molar-refractivity contribution in [3.63, 3.8) is 0 Å².